The molecule has 0 saturated heterocycles. The average Bonchev–Trinajstić information content (AvgIpc) is 2.63. The first-order valence-corrected chi connectivity index (χ1v) is 6.51. The van der Waals surface area contributed by atoms with Crippen molar-refractivity contribution in [2.75, 3.05) is 0 Å². The summed E-state index contributed by atoms with van der Waals surface area (Å²) in [5, 5.41) is 3.60. The van der Waals surface area contributed by atoms with Crippen molar-refractivity contribution in [3.8, 4) is 0 Å². The summed E-state index contributed by atoms with van der Waals surface area (Å²) in [6, 6.07) is 1.10. The smallest absolute Gasteiger partial charge is 0.0798 e. The number of nitrogens with one attached hydrogen (secondary N) is 1. The second kappa shape index (κ2) is 5.05. The first-order chi connectivity index (χ1) is 7.25. The standard InChI is InChI=1S/C11H19N3S/c1-8-11(15-7-14-8)6-13-10-4-2-9(12)3-5-10/h7,9-10,13H,2-6,12H2,1H3. The van der Waals surface area contributed by atoms with Crippen molar-refractivity contribution < 1.29 is 0 Å². The Kier molecular flexibility index (Phi) is 3.72. The summed E-state index contributed by atoms with van der Waals surface area (Å²) in [6.07, 6.45) is 4.77. The van der Waals surface area contributed by atoms with Crippen LogP contribution >= 0.6 is 11.3 Å². The average molecular weight is 225 g/mol. The molecule has 0 spiro atoms. The van der Waals surface area contributed by atoms with Gasteiger partial charge in [0, 0.05) is 23.5 Å². The third kappa shape index (κ3) is 3.00. The highest BCUT2D eigenvalue weighted by molar-refractivity contribution is 7.09. The van der Waals surface area contributed by atoms with Gasteiger partial charge in [-0.15, -0.1) is 11.3 Å². The minimum Gasteiger partial charge on any atom is -0.328 e. The van der Waals surface area contributed by atoms with Gasteiger partial charge in [-0.3, -0.25) is 0 Å². The van der Waals surface area contributed by atoms with E-state index >= 15 is 0 Å². The van der Waals surface area contributed by atoms with Crippen LogP contribution in [-0.4, -0.2) is 17.1 Å². The van der Waals surface area contributed by atoms with E-state index in [1.807, 2.05) is 5.51 Å². The van der Waals surface area contributed by atoms with E-state index in [9.17, 15) is 0 Å². The van der Waals surface area contributed by atoms with E-state index in [-0.39, 0.29) is 0 Å². The van der Waals surface area contributed by atoms with Crippen LogP contribution in [-0.2, 0) is 6.54 Å². The highest BCUT2D eigenvalue weighted by atomic mass is 32.1. The zero-order valence-electron chi connectivity index (χ0n) is 9.20. The molecule has 0 aliphatic heterocycles. The van der Waals surface area contributed by atoms with Gasteiger partial charge in [0.25, 0.3) is 0 Å². The summed E-state index contributed by atoms with van der Waals surface area (Å²) in [7, 11) is 0. The van der Waals surface area contributed by atoms with Gasteiger partial charge in [0.2, 0.25) is 0 Å². The Morgan fingerprint density at radius 1 is 1.47 bits per heavy atom. The fraction of sp³-hybridized carbons (Fsp3) is 0.727. The van der Waals surface area contributed by atoms with Crippen LogP contribution in [0, 0.1) is 6.92 Å². The lowest BCUT2D eigenvalue weighted by Crippen LogP contribution is -2.36. The van der Waals surface area contributed by atoms with E-state index in [4.69, 9.17) is 5.73 Å². The van der Waals surface area contributed by atoms with Crippen molar-refractivity contribution in [3.63, 3.8) is 0 Å². The number of hydrogen-bond donors (Lipinski definition) is 2. The molecule has 4 heteroatoms. The quantitative estimate of drug-likeness (QED) is 0.825. The van der Waals surface area contributed by atoms with E-state index < -0.39 is 0 Å². The van der Waals surface area contributed by atoms with Gasteiger partial charge in [-0.05, 0) is 32.6 Å². The maximum atomic E-state index is 5.88. The fourth-order valence-electron chi connectivity index (χ4n) is 2.06. The minimum atomic E-state index is 0.438. The molecule has 1 saturated carbocycles. The second-order valence-corrected chi connectivity index (χ2v) is 5.29. The lowest BCUT2D eigenvalue weighted by Gasteiger charge is -2.26. The first-order valence-electron chi connectivity index (χ1n) is 5.63. The lowest BCUT2D eigenvalue weighted by atomic mass is 9.92. The lowest BCUT2D eigenvalue weighted by molar-refractivity contribution is 0.342. The number of aromatic nitrogens is 1. The Hall–Kier alpha value is -0.450. The third-order valence-corrected chi connectivity index (χ3v) is 4.10. The molecule has 1 fully saturated rings. The minimum absolute atomic E-state index is 0.438. The monoisotopic (exact) mass is 225 g/mol. The number of hydrogen-bond acceptors (Lipinski definition) is 4. The molecule has 1 aromatic rings. The molecule has 15 heavy (non-hydrogen) atoms. The Morgan fingerprint density at radius 2 is 2.20 bits per heavy atom. The molecule has 0 radical (unpaired) electrons. The van der Waals surface area contributed by atoms with Crippen LogP contribution < -0.4 is 11.1 Å². The van der Waals surface area contributed by atoms with Crippen LogP contribution in [0.5, 0.6) is 0 Å². The topological polar surface area (TPSA) is 50.9 Å². The number of nitrogens with two attached hydrogens (primary N) is 1. The fourth-order valence-corrected chi connectivity index (χ4v) is 2.78. The van der Waals surface area contributed by atoms with Crippen molar-refractivity contribution in [1.29, 1.82) is 0 Å². The molecular weight excluding hydrogens is 206 g/mol. The number of rotatable bonds is 3. The van der Waals surface area contributed by atoms with E-state index in [1.165, 1.54) is 36.3 Å². The highest BCUT2D eigenvalue weighted by Crippen LogP contribution is 2.18. The Balaban J connectivity index is 1.77. The maximum Gasteiger partial charge on any atom is 0.0798 e. The molecule has 84 valence electrons. The van der Waals surface area contributed by atoms with Gasteiger partial charge >= 0.3 is 0 Å². The summed E-state index contributed by atoms with van der Waals surface area (Å²) >= 11 is 1.74. The molecule has 0 aromatic carbocycles. The first kappa shape index (κ1) is 11.0. The van der Waals surface area contributed by atoms with E-state index in [1.54, 1.807) is 11.3 Å². The Labute approximate surface area is 95.1 Å². The van der Waals surface area contributed by atoms with Gasteiger partial charge < -0.3 is 11.1 Å². The normalized spacial score (nSPS) is 26.8. The summed E-state index contributed by atoms with van der Waals surface area (Å²) < 4.78 is 0. The van der Waals surface area contributed by atoms with E-state index in [2.05, 4.69) is 17.2 Å². The summed E-state index contributed by atoms with van der Waals surface area (Å²) in [5.41, 5.74) is 8.96. The molecule has 0 amide bonds. The van der Waals surface area contributed by atoms with Gasteiger partial charge in [-0.25, -0.2) is 4.98 Å². The largest absolute Gasteiger partial charge is 0.328 e. The summed E-state index contributed by atoms with van der Waals surface area (Å²) in [6.45, 7) is 3.04. The molecule has 1 aliphatic carbocycles. The second-order valence-electron chi connectivity index (χ2n) is 4.35. The van der Waals surface area contributed by atoms with Crippen LogP contribution in [0.1, 0.15) is 36.3 Å². The predicted molar refractivity (Wildman–Crippen MR) is 63.9 cm³/mol. The van der Waals surface area contributed by atoms with Gasteiger partial charge in [0.1, 0.15) is 0 Å². The van der Waals surface area contributed by atoms with Crippen molar-refractivity contribution in [2.24, 2.45) is 5.73 Å². The van der Waals surface area contributed by atoms with Crippen molar-refractivity contribution in [3.05, 3.63) is 16.1 Å². The van der Waals surface area contributed by atoms with Crippen LogP contribution in [0.4, 0.5) is 0 Å². The highest BCUT2D eigenvalue weighted by Gasteiger charge is 2.18. The van der Waals surface area contributed by atoms with E-state index in [0.717, 1.165) is 6.54 Å². The van der Waals surface area contributed by atoms with Crippen molar-refractivity contribution in [2.45, 2.75) is 51.2 Å². The zero-order valence-corrected chi connectivity index (χ0v) is 10.0. The van der Waals surface area contributed by atoms with Crippen LogP contribution in [0.25, 0.3) is 0 Å². The molecular formula is C11H19N3S. The Bertz CT molecular complexity index is 303. The third-order valence-electron chi connectivity index (χ3n) is 3.17. The maximum absolute atomic E-state index is 5.88. The van der Waals surface area contributed by atoms with Crippen LogP contribution in [0.3, 0.4) is 0 Å². The molecule has 1 aromatic heterocycles. The van der Waals surface area contributed by atoms with Gasteiger partial charge in [0.05, 0.1) is 11.2 Å². The predicted octanol–water partition coefficient (Wildman–Crippen LogP) is 1.81. The number of nitrogens with zero attached hydrogens (tertiary/aromatic N) is 1. The van der Waals surface area contributed by atoms with E-state index in [0.29, 0.717) is 12.1 Å². The summed E-state index contributed by atoms with van der Waals surface area (Å²) in [4.78, 5) is 5.62. The van der Waals surface area contributed by atoms with Crippen LogP contribution in [0.2, 0.25) is 0 Å². The molecule has 2 rings (SSSR count). The van der Waals surface area contributed by atoms with Crippen molar-refractivity contribution in [1.82, 2.24) is 10.3 Å². The molecule has 3 N–H and O–H groups in total. The Morgan fingerprint density at radius 3 is 2.80 bits per heavy atom. The SMILES string of the molecule is Cc1ncsc1CNC1CCC(N)CC1. The van der Waals surface area contributed by atoms with Crippen LogP contribution in [0.15, 0.2) is 5.51 Å². The number of aryl methyl sites for hydroxylation is 1. The number of thiazole rings is 1. The molecule has 0 bridgehead atoms. The molecule has 1 heterocycles. The molecule has 0 unspecified atom stereocenters. The van der Waals surface area contributed by atoms with Gasteiger partial charge in [-0.1, -0.05) is 0 Å². The molecule has 1 aliphatic rings. The van der Waals surface area contributed by atoms with Gasteiger partial charge in [-0.2, -0.15) is 0 Å². The van der Waals surface area contributed by atoms with Gasteiger partial charge in [0.15, 0.2) is 0 Å². The van der Waals surface area contributed by atoms with Crippen molar-refractivity contribution >= 4 is 11.3 Å². The molecule has 3 nitrogen and oxygen atoms in total. The zero-order chi connectivity index (χ0) is 10.7. The molecule has 0 atom stereocenters. The summed E-state index contributed by atoms with van der Waals surface area (Å²) in [5.74, 6) is 0.